The summed E-state index contributed by atoms with van der Waals surface area (Å²) in [7, 11) is 0. The van der Waals surface area contributed by atoms with Gasteiger partial charge in [0.25, 0.3) is 0 Å². The molecule has 0 fully saturated rings. The summed E-state index contributed by atoms with van der Waals surface area (Å²) in [5, 5.41) is 9.27. The van der Waals surface area contributed by atoms with Crippen molar-refractivity contribution in [2.24, 2.45) is 0 Å². The van der Waals surface area contributed by atoms with Gasteiger partial charge in [0.05, 0.1) is 5.69 Å². The van der Waals surface area contributed by atoms with Gasteiger partial charge in [-0.2, -0.15) is 4.98 Å². The van der Waals surface area contributed by atoms with Crippen LogP contribution in [0.15, 0.2) is 47.0 Å². The van der Waals surface area contributed by atoms with E-state index in [0.29, 0.717) is 29.2 Å². The predicted molar refractivity (Wildman–Crippen MR) is 91.8 cm³/mol. The van der Waals surface area contributed by atoms with Crippen molar-refractivity contribution in [2.75, 3.05) is 11.9 Å². The molecule has 0 saturated carbocycles. The Morgan fingerprint density at radius 3 is 2.65 bits per heavy atom. The fraction of sp³-hybridized carbons (Fsp3) is 0.118. The highest BCUT2D eigenvalue weighted by molar-refractivity contribution is 6.30. The summed E-state index contributed by atoms with van der Waals surface area (Å²) in [6.45, 7) is 0.191. The minimum Gasteiger partial charge on any atom is -0.339 e. The summed E-state index contributed by atoms with van der Waals surface area (Å²) in [6.07, 6.45) is 0.292. The van der Waals surface area contributed by atoms with E-state index in [1.54, 1.807) is 24.3 Å². The summed E-state index contributed by atoms with van der Waals surface area (Å²) in [6, 6.07) is 9.20. The van der Waals surface area contributed by atoms with Crippen LogP contribution in [-0.4, -0.2) is 22.7 Å². The molecule has 9 heteroatoms. The largest absolute Gasteiger partial charge is 0.339 e. The zero-order valence-electron chi connectivity index (χ0n) is 13.3. The number of carbonyl (C=O) groups excluding carboxylic acids is 1. The van der Waals surface area contributed by atoms with Crippen molar-refractivity contribution in [3.05, 3.63) is 65.0 Å². The molecule has 0 aliphatic rings. The molecule has 0 saturated heterocycles. The monoisotopic (exact) mass is 378 g/mol. The van der Waals surface area contributed by atoms with Crippen LogP contribution < -0.4 is 10.6 Å². The SMILES string of the molecule is O=C(NCCc1nc(-c2ccc(Cl)cc2)no1)Nc1ccc(F)cc1F. The first kappa shape index (κ1) is 17.8. The van der Waals surface area contributed by atoms with Gasteiger partial charge in [-0.15, -0.1) is 0 Å². The van der Waals surface area contributed by atoms with Gasteiger partial charge in [-0.05, 0) is 36.4 Å². The average Bonchev–Trinajstić information content (AvgIpc) is 3.07. The van der Waals surface area contributed by atoms with Crippen LogP contribution in [0.25, 0.3) is 11.4 Å². The van der Waals surface area contributed by atoms with Crippen LogP contribution in [0.1, 0.15) is 5.89 Å². The van der Waals surface area contributed by atoms with Gasteiger partial charge < -0.3 is 15.2 Å². The summed E-state index contributed by atoms with van der Waals surface area (Å²) >= 11 is 5.83. The van der Waals surface area contributed by atoms with Crippen LogP contribution in [0.5, 0.6) is 0 Å². The molecule has 2 aromatic carbocycles. The van der Waals surface area contributed by atoms with Gasteiger partial charge in [0.2, 0.25) is 11.7 Å². The lowest BCUT2D eigenvalue weighted by atomic mass is 10.2. The van der Waals surface area contributed by atoms with Crippen LogP contribution >= 0.6 is 11.6 Å². The third kappa shape index (κ3) is 4.54. The standard InChI is InChI=1S/C17H13ClF2N4O2/c18-11-3-1-10(2-4-11)16-23-15(26-24-16)7-8-21-17(25)22-14-6-5-12(19)9-13(14)20/h1-6,9H,7-8H2,(H2,21,22,25). The van der Waals surface area contributed by atoms with Crippen LogP contribution in [0, 0.1) is 11.6 Å². The fourth-order valence-corrected chi connectivity index (χ4v) is 2.24. The molecule has 0 spiro atoms. The molecule has 3 rings (SSSR count). The molecule has 0 unspecified atom stereocenters. The normalized spacial score (nSPS) is 10.6. The zero-order chi connectivity index (χ0) is 18.5. The number of carbonyl (C=O) groups is 1. The fourth-order valence-electron chi connectivity index (χ4n) is 2.11. The van der Waals surface area contributed by atoms with E-state index in [4.69, 9.17) is 16.1 Å². The number of rotatable bonds is 5. The molecule has 0 aliphatic carbocycles. The smallest absolute Gasteiger partial charge is 0.319 e. The third-order valence-electron chi connectivity index (χ3n) is 3.37. The number of halogens is 3. The van der Waals surface area contributed by atoms with E-state index < -0.39 is 17.7 Å². The number of nitrogens with zero attached hydrogens (tertiary/aromatic N) is 2. The minimum absolute atomic E-state index is 0.119. The van der Waals surface area contributed by atoms with Crippen molar-refractivity contribution in [3.63, 3.8) is 0 Å². The molecule has 134 valence electrons. The molecule has 26 heavy (non-hydrogen) atoms. The van der Waals surface area contributed by atoms with Crippen molar-refractivity contribution in [2.45, 2.75) is 6.42 Å². The Morgan fingerprint density at radius 1 is 1.15 bits per heavy atom. The average molecular weight is 379 g/mol. The first-order valence-electron chi connectivity index (χ1n) is 7.60. The van der Waals surface area contributed by atoms with Crippen molar-refractivity contribution >= 4 is 23.3 Å². The summed E-state index contributed by atoms with van der Waals surface area (Å²) in [5.41, 5.74) is 0.633. The molecule has 0 bridgehead atoms. The van der Waals surface area contributed by atoms with Crippen LogP contribution in [0.4, 0.5) is 19.3 Å². The van der Waals surface area contributed by atoms with Crippen molar-refractivity contribution in [1.82, 2.24) is 15.5 Å². The van der Waals surface area contributed by atoms with E-state index in [1.807, 2.05) is 0 Å². The van der Waals surface area contributed by atoms with Crippen LogP contribution in [0.2, 0.25) is 5.02 Å². The highest BCUT2D eigenvalue weighted by Crippen LogP contribution is 2.18. The maximum atomic E-state index is 13.5. The van der Waals surface area contributed by atoms with Crippen molar-refractivity contribution in [1.29, 1.82) is 0 Å². The number of hydrogen-bond acceptors (Lipinski definition) is 4. The molecule has 1 heterocycles. The molecule has 0 aliphatic heterocycles. The number of urea groups is 1. The van der Waals surface area contributed by atoms with Gasteiger partial charge in [0, 0.05) is 29.6 Å². The van der Waals surface area contributed by atoms with Crippen molar-refractivity contribution < 1.29 is 18.1 Å². The van der Waals surface area contributed by atoms with E-state index in [1.165, 1.54) is 0 Å². The van der Waals surface area contributed by atoms with Gasteiger partial charge in [-0.25, -0.2) is 13.6 Å². The molecule has 0 radical (unpaired) electrons. The van der Waals surface area contributed by atoms with Crippen LogP contribution in [-0.2, 0) is 6.42 Å². The molecule has 6 nitrogen and oxygen atoms in total. The summed E-state index contributed by atoms with van der Waals surface area (Å²) < 4.78 is 31.4. The topological polar surface area (TPSA) is 80.1 Å². The van der Waals surface area contributed by atoms with E-state index in [9.17, 15) is 13.6 Å². The Bertz CT molecular complexity index is 915. The van der Waals surface area contributed by atoms with Gasteiger partial charge in [-0.1, -0.05) is 16.8 Å². The predicted octanol–water partition coefficient (Wildman–Crippen LogP) is 4.03. The molecular weight excluding hydrogens is 366 g/mol. The number of benzene rings is 2. The van der Waals surface area contributed by atoms with Gasteiger partial charge >= 0.3 is 6.03 Å². The number of amides is 2. The Kier molecular flexibility index (Phi) is 5.43. The third-order valence-corrected chi connectivity index (χ3v) is 3.63. The quantitative estimate of drug-likeness (QED) is 0.702. The van der Waals surface area contributed by atoms with E-state index >= 15 is 0 Å². The molecular formula is C17H13ClF2N4O2. The van der Waals surface area contributed by atoms with E-state index in [0.717, 1.165) is 17.7 Å². The number of aromatic nitrogens is 2. The van der Waals surface area contributed by atoms with Gasteiger partial charge in [0.1, 0.15) is 11.6 Å². The lowest BCUT2D eigenvalue weighted by molar-refractivity contribution is 0.251. The Hall–Kier alpha value is -3.00. The highest BCUT2D eigenvalue weighted by atomic mass is 35.5. The molecule has 3 aromatic rings. The second kappa shape index (κ2) is 7.92. The second-order valence-electron chi connectivity index (χ2n) is 5.27. The van der Waals surface area contributed by atoms with Crippen LogP contribution in [0.3, 0.4) is 0 Å². The number of hydrogen-bond donors (Lipinski definition) is 2. The number of nitrogens with one attached hydrogen (secondary N) is 2. The van der Waals surface area contributed by atoms with Crippen molar-refractivity contribution in [3.8, 4) is 11.4 Å². The minimum atomic E-state index is -0.857. The second-order valence-corrected chi connectivity index (χ2v) is 5.71. The summed E-state index contributed by atoms with van der Waals surface area (Å²) in [5.74, 6) is -0.830. The first-order chi connectivity index (χ1) is 12.5. The first-order valence-corrected chi connectivity index (χ1v) is 7.97. The Balaban J connectivity index is 1.50. The molecule has 1 aromatic heterocycles. The Labute approximate surface area is 152 Å². The van der Waals surface area contributed by atoms with E-state index in [-0.39, 0.29) is 12.2 Å². The maximum Gasteiger partial charge on any atom is 0.319 e. The molecule has 2 amide bonds. The van der Waals surface area contributed by atoms with E-state index in [2.05, 4.69) is 20.8 Å². The highest BCUT2D eigenvalue weighted by Gasteiger charge is 2.10. The lowest BCUT2D eigenvalue weighted by Crippen LogP contribution is -2.30. The molecule has 0 atom stereocenters. The molecule has 2 N–H and O–H groups in total. The Morgan fingerprint density at radius 2 is 1.92 bits per heavy atom. The number of anilines is 1. The van der Waals surface area contributed by atoms with Gasteiger partial charge in [0.15, 0.2) is 0 Å². The zero-order valence-corrected chi connectivity index (χ0v) is 14.1. The van der Waals surface area contributed by atoms with Gasteiger partial charge in [-0.3, -0.25) is 0 Å². The summed E-state index contributed by atoms with van der Waals surface area (Å²) in [4.78, 5) is 16.0. The maximum absolute atomic E-state index is 13.5. The lowest BCUT2D eigenvalue weighted by Gasteiger charge is -2.07.